The predicted molar refractivity (Wildman–Crippen MR) is 88.9 cm³/mol. The van der Waals surface area contributed by atoms with E-state index in [0.717, 1.165) is 31.2 Å². The van der Waals surface area contributed by atoms with E-state index in [2.05, 4.69) is 15.1 Å². The second-order valence-electron chi connectivity index (χ2n) is 7.02. The Labute approximate surface area is 146 Å². The van der Waals surface area contributed by atoms with Crippen molar-refractivity contribution in [3.05, 3.63) is 41.3 Å². The van der Waals surface area contributed by atoms with Gasteiger partial charge in [0.1, 0.15) is 11.8 Å². The highest BCUT2D eigenvalue weighted by Gasteiger charge is 2.45. The first-order chi connectivity index (χ1) is 12.0. The van der Waals surface area contributed by atoms with Crippen molar-refractivity contribution in [1.29, 1.82) is 0 Å². The van der Waals surface area contributed by atoms with Crippen LogP contribution in [0.4, 0.5) is 0 Å². The summed E-state index contributed by atoms with van der Waals surface area (Å²) >= 11 is 0. The van der Waals surface area contributed by atoms with Gasteiger partial charge in [0, 0.05) is 19.3 Å². The highest BCUT2D eigenvalue weighted by molar-refractivity contribution is 5.92. The van der Waals surface area contributed by atoms with E-state index in [1.54, 1.807) is 19.2 Å². The van der Waals surface area contributed by atoms with Crippen molar-refractivity contribution in [1.82, 2.24) is 20.0 Å². The van der Waals surface area contributed by atoms with E-state index in [4.69, 9.17) is 9.26 Å². The Balaban J connectivity index is 1.38. The van der Waals surface area contributed by atoms with Crippen LogP contribution in [-0.2, 0) is 4.74 Å². The van der Waals surface area contributed by atoms with Crippen molar-refractivity contribution < 1.29 is 14.1 Å². The predicted octanol–water partition coefficient (Wildman–Crippen LogP) is 2.61. The van der Waals surface area contributed by atoms with Gasteiger partial charge in [-0.05, 0) is 51.2 Å². The third kappa shape index (κ3) is 3.16. The van der Waals surface area contributed by atoms with Gasteiger partial charge >= 0.3 is 0 Å². The SMILES string of the molecule is Cc1ccc(C(=O)N2CCC3(CC[C@@H](c4nc(C)no4)O3)CC2)nc1. The summed E-state index contributed by atoms with van der Waals surface area (Å²) in [6, 6.07) is 3.71. The second-order valence-corrected chi connectivity index (χ2v) is 7.02. The van der Waals surface area contributed by atoms with Gasteiger partial charge < -0.3 is 14.2 Å². The molecule has 2 fully saturated rings. The number of carbonyl (C=O) groups excluding carboxylic acids is 1. The number of ether oxygens (including phenoxy) is 1. The summed E-state index contributed by atoms with van der Waals surface area (Å²) in [5.41, 5.74) is 1.38. The highest BCUT2D eigenvalue weighted by Crippen LogP contribution is 2.44. The van der Waals surface area contributed by atoms with Crippen molar-refractivity contribution in [3.8, 4) is 0 Å². The zero-order valence-corrected chi connectivity index (χ0v) is 14.6. The van der Waals surface area contributed by atoms with Crippen molar-refractivity contribution >= 4 is 5.91 Å². The van der Waals surface area contributed by atoms with Gasteiger partial charge in [-0.25, -0.2) is 0 Å². The lowest BCUT2D eigenvalue weighted by molar-refractivity contribution is -0.0821. The minimum atomic E-state index is -0.176. The van der Waals surface area contributed by atoms with Crippen LogP contribution in [0.1, 0.15) is 59.6 Å². The molecule has 0 radical (unpaired) electrons. The Kier molecular flexibility index (Phi) is 4.03. The number of hydrogen-bond acceptors (Lipinski definition) is 6. The molecule has 0 bridgehead atoms. The molecule has 25 heavy (non-hydrogen) atoms. The van der Waals surface area contributed by atoms with Crippen molar-refractivity contribution in [3.63, 3.8) is 0 Å². The molecule has 0 aliphatic carbocycles. The number of likely N-dealkylation sites (tertiary alicyclic amines) is 1. The fourth-order valence-corrected chi connectivity index (χ4v) is 3.67. The molecule has 7 heteroatoms. The maximum absolute atomic E-state index is 12.6. The summed E-state index contributed by atoms with van der Waals surface area (Å²) < 4.78 is 11.5. The van der Waals surface area contributed by atoms with Crippen LogP contribution < -0.4 is 0 Å². The molecule has 0 saturated carbocycles. The number of piperidine rings is 1. The average Bonchev–Trinajstić information content (AvgIpc) is 3.23. The first kappa shape index (κ1) is 16.2. The van der Waals surface area contributed by atoms with E-state index in [0.29, 0.717) is 30.5 Å². The Hall–Kier alpha value is -2.28. The van der Waals surface area contributed by atoms with Crippen LogP contribution in [-0.4, -0.2) is 44.6 Å². The summed E-state index contributed by atoms with van der Waals surface area (Å²) in [5.74, 6) is 1.19. The van der Waals surface area contributed by atoms with Crippen LogP contribution in [0, 0.1) is 13.8 Å². The van der Waals surface area contributed by atoms with E-state index < -0.39 is 0 Å². The number of aromatic nitrogens is 3. The van der Waals surface area contributed by atoms with E-state index in [9.17, 15) is 4.79 Å². The molecule has 7 nitrogen and oxygen atoms in total. The van der Waals surface area contributed by atoms with Gasteiger partial charge in [0.05, 0.1) is 5.60 Å². The molecule has 1 spiro atoms. The number of aryl methyl sites for hydroxylation is 2. The first-order valence-electron chi connectivity index (χ1n) is 8.75. The summed E-state index contributed by atoms with van der Waals surface area (Å²) in [5, 5.41) is 3.84. The molecule has 2 aliphatic rings. The van der Waals surface area contributed by atoms with Crippen molar-refractivity contribution in [2.24, 2.45) is 0 Å². The lowest BCUT2D eigenvalue weighted by Crippen LogP contribution is -2.46. The zero-order chi connectivity index (χ0) is 17.4. The maximum atomic E-state index is 12.6. The van der Waals surface area contributed by atoms with E-state index in [1.165, 1.54) is 0 Å². The molecule has 1 amide bonds. The third-order valence-corrected chi connectivity index (χ3v) is 5.17. The first-order valence-corrected chi connectivity index (χ1v) is 8.75. The zero-order valence-electron chi connectivity index (χ0n) is 14.6. The number of carbonyl (C=O) groups is 1. The molecule has 2 aliphatic heterocycles. The van der Waals surface area contributed by atoms with Crippen LogP contribution in [0.25, 0.3) is 0 Å². The molecule has 1 atom stereocenters. The molecule has 2 saturated heterocycles. The van der Waals surface area contributed by atoms with Gasteiger partial charge in [-0.2, -0.15) is 4.98 Å². The molecule has 4 rings (SSSR count). The summed E-state index contributed by atoms with van der Waals surface area (Å²) in [6.07, 6.45) is 5.11. The van der Waals surface area contributed by atoms with Crippen LogP contribution in [0.5, 0.6) is 0 Å². The molecule has 132 valence electrons. The number of rotatable bonds is 2. The fourth-order valence-electron chi connectivity index (χ4n) is 3.67. The van der Waals surface area contributed by atoms with Crippen LogP contribution in [0.15, 0.2) is 22.9 Å². The average molecular weight is 342 g/mol. The van der Waals surface area contributed by atoms with Crippen LogP contribution in [0.3, 0.4) is 0 Å². The fraction of sp³-hybridized carbons (Fsp3) is 0.556. The monoisotopic (exact) mass is 342 g/mol. The Morgan fingerprint density at radius 2 is 2.04 bits per heavy atom. The Morgan fingerprint density at radius 3 is 2.68 bits per heavy atom. The molecule has 0 N–H and O–H groups in total. The van der Waals surface area contributed by atoms with E-state index >= 15 is 0 Å². The molecule has 4 heterocycles. The quantitative estimate of drug-likeness (QED) is 0.834. The largest absolute Gasteiger partial charge is 0.362 e. The lowest BCUT2D eigenvalue weighted by Gasteiger charge is -2.38. The lowest BCUT2D eigenvalue weighted by atomic mass is 9.88. The van der Waals surface area contributed by atoms with Gasteiger partial charge in [0.25, 0.3) is 11.8 Å². The Bertz CT molecular complexity index is 763. The number of amides is 1. The van der Waals surface area contributed by atoms with E-state index in [1.807, 2.05) is 17.9 Å². The molecule has 0 unspecified atom stereocenters. The number of nitrogens with zero attached hydrogens (tertiary/aromatic N) is 4. The van der Waals surface area contributed by atoms with Gasteiger partial charge in [0.15, 0.2) is 5.82 Å². The van der Waals surface area contributed by atoms with Crippen LogP contribution in [0.2, 0.25) is 0 Å². The molecular weight excluding hydrogens is 320 g/mol. The second kappa shape index (κ2) is 6.22. The normalized spacial score (nSPS) is 22.5. The van der Waals surface area contributed by atoms with Crippen LogP contribution >= 0.6 is 0 Å². The Morgan fingerprint density at radius 1 is 1.24 bits per heavy atom. The molecule has 2 aromatic rings. The van der Waals surface area contributed by atoms with Crippen molar-refractivity contribution in [2.75, 3.05) is 13.1 Å². The molecular formula is C18H22N4O3. The van der Waals surface area contributed by atoms with Crippen molar-refractivity contribution in [2.45, 2.75) is 51.2 Å². The smallest absolute Gasteiger partial charge is 0.272 e. The summed E-state index contributed by atoms with van der Waals surface area (Å²) in [4.78, 5) is 23.0. The standard InChI is InChI=1S/C18H22N4O3/c1-12-3-4-14(19-11-12)17(23)22-9-7-18(8-10-22)6-5-15(24-18)16-20-13(2)21-25-16/h3-4,11,15H,5-10H2,1-2H3/t15-/m0/s1. The topological polar surface area (TPSA) is 81.4 Å². The summed E-state index contributed by atoms with van der Waals surface area (Å²) in [6.45, 7) is 5.14. The highest BCUT2D eigenvalue weighted by atomic mass is 16.5. The number of hydrogen-bond donors (Lipinski definition) is 0. The minimum Gasteiger partial charge on any atom is -0.362 e. The van der Waals surface area contributed by atoms with Gasteiger partial charge in [-0.1, -0.05) is 11.2 Å². The minimum absolute atomic E-state index is 0.00285. The summed E-state index contributed by atoms with van der Waals surface area (Å²) in [7, 11) is 0. The van der Waals surface area contributed by atoms with E-state index in [-0.39, 0.29) is 17.6 Å². The maximum Gasteiger partial charge on any atom is 0.272 e. The third-order valence-electron chi connectivity index (χ3n) is 5.17. The van der Waals surface area contributed by atoms with Gasteiger partial charge in [-0.3, -0.25) is 9.78 Å². The molecule has 0 aromatic carbocycles. The number of pyridine rings is 1. The van der Waals surface area contributed by atoms with Gasteiger partial charge in [-0.15, -0.1) is 0 Å². The molecule has 2 aromatic heterocycles. The van der Waals surface area contributed by atoms with Gasteiger partial charge in [0.2, 0.25) is 0 Å².